The fourth-order valence-electron chi connectivity index (χ4n) is 2.67. The van der Waals surface area contributed by atoms with E-state index >= 15 is 0 Å². The highest BCUT2D eigenvalue weighted by atomic mass is 35.5. The van der Waals surface area contributed by atoms with Gasteiger partial charge in [0.1, 0.15) is 11.6 Å². The fraction of sp³-hybridized carbons (Fsp3) is 0.105. The maximum Gasteiger partial charge on any atom is 0.260 e. The average Bonchev–Trinajstić information content (AvgIpc) is 3.42. The molecule has 4 aromatic rings. The monoisotopic (exact) mass is 430 g/mol. The number of aryl methyl sites for hydroxylation is 1. The van der Waals surface area contributed by atoms with Gasteiger partial charge in [-0.25, -0.2) is 4.98 Å². The smallest absolute Gasteiger partial charge is 0.260 e. The summed E-state index contributed by atoms with van der Waals surface area (Å²) < 4.78 is 6.90. The molecule has 4 rings (SSSR count). The number of carbonyl (C=O) groups is 1. The van der Waals surface area contributed by atoms with Crippen LogP contribution in [0.2, 0.25) is 5.02 Å². The number of thiazole rings is 1. The summed E-state index contributed by atoms with van der Waals surface area (Å²) in [5, 5.41) is 12.5. The first-order valence-corrected chi connectivity index (χ1v) is 10.4. The van der Waals surface area contributed by atoms with Crippen LogP contribution in [-0.4, -0.2) is 27.8 Å². The molecule has 0 unspecified atom stereocenters. The molecule has 1 amide bonds. The van der Waals surface area contributed by atoms with E-state index in [-0.39, 0.29) is 5.91 Å². The van der Waals surface area contributed by atoms with Crippen molar-refractivity contribution < 1.29 is 9.53 Å². The average molecular weight is 431 g/mol. The zero-order chi connectivity index (χ0) is 19.7. The topological polar surface area (TPSA) is 69.0 Å². The van der Waals surface area contributed by atoms with Crippen LogP contribution >= 0.6 is 34.3 Å². The molecule has 0 radical (unpaired) electrons. The second-order valence-corrected chi connectivity index (χ2v) is 8.09. The van der Waals surface area contributed by atoms with E-state index in [1.54, 1.807) is 40.3 Å². The molecule has 1 aromatic carbocycles. The van der Waals surface area contributed by atoms with E-state index in [2.05, 4.69) is 15.4 Å². The Bertz CT molecular complexity index is 1130. The zero-order valence-electron chi connectivity index (χ0n) is 15.0. The normalized spacial score (nSPS) is 10.8. The van der Waals surface area contributed by atoms with Gasteiger partial charge in [0, 0.05) is 16.5 Å². The van der Waals surface area contributed by atoms with Crippen LogP contribution in [0.1, 0.15) is 16.1 Å². The summed E-state index contributed by atoms with van der Waals surface area (Å²) in [6.07, 6.45) is 0. The Morgan fingerprint density at radius 1 is 1.25 bits per heavy atom. The summed E-state index contributed by atoms with van der Waals surface area (Å²) >= 11 is 9.13. The molecule has 0 bridgehead atoms. The summed E-state index contributed by atoms with van der Waals surface area (Å²) in [5.41, 5.74) is 2.00. The molecule has 0 fully saturated rings. The highest BCUT2D eigenvalue weighted by molar-refractivity contribution is 7.15. The number of amides is 1. The van der Waals surface area contributed by atoms with Crippen molar-refractivity contribution in [2.24, 2.45) is 0 Å². The molecule has 9 heteroatoms. The number of halogens is 1. The van der Waals surface area contributed by atoms with Crippen LogP contribution < -0.4 is 10.1 Å². The number of thiophene rings is 1. The van der Waals surface area contributed by atoms with Crippen molar-refractivity contribution >= 4 is 46.0 Å². The van der Waals surface area contributed by atoms with Crippen molar-refractivity contribution in [2.75, 3.05) is 12.4 Å². The second-order valence-electron chi connectivity index (χ2n) is 5.87. The quantitative estimate of drug-likeness (QED) is 0.467. The Morgan fingerprint density at radius 2 is 2.11 bits per heavy atom. The van der Waals surface area contributed by atoms with Gasteiger partial charge in [-0.3, -0.25) is 4.79 Å². The summed E-state index contributed by atoms with van der Waals surface area (Å²) in [6, 6.07) is 10.7. The summed E-state index contributed by atoms with van der Waals surface area (Å²) in [7, 11) is 1.51. The lowest BCUT2D eigenvalue weighted by atomic mass is 10.2. The molecule has 0 saturated heterocycles. The van der Waals surface area contributed by atoms with Crippen LogP contribution in [-0.2, 0) is 0 Å². The molecule has 0 saturated carbocycles. The highest BCUT2D eigenvalue weighted by Gasteiger charge is 2.18. The minimum absolute atomic E-state index is 0.337. The van der Waals surface area contributed by atoms with Crippen molar-refractivity contribution in [1.29, 1.82) is 0 Å². The minimum atomic E-state index is -0.337. The summed E-state index contributed by atoms with van der Waals surface area (Å²) in [4.78, 5) is 18.6. The van der Waals surface area contributed by atoms with Gasteiger partial charge in [0.25, 0.3) is 5.91 Å². The van der Waals surface area contributed by atoms with Crippen LogP contribution in [0.3, 0.4) is 0 Å². The third kappa shape index (κ3) is 3.66. The van der Waals surface area contributed by atoms with Gasteiger partial charge in [0.15, 0.2) is 0 Å². The number of hydrogen-bond acceptors (Lipinski definition) is 6. The van der Waals surface area contributed by atoms with Crippen LogP contribution in [0.4, 0.5) is 5.82 Å². The van der Waals surface area contributed by atoms with Gasteiger partial charge in [0.05, 0.1) is 28.9 Å². The van der Waals surface area contributed by atoms with E-state index in [1.165, 1.54) is 18.4 Å². The molecule has 28 heavy (non-hydrogen) atoms. The van der Waals surface area contributed by atoms with Crippen LogP contribution in [0, 0.1) is 6.92 Å². The number of rotatable bonds is 5. The lowest BCUT2D eigenvalue weighted by Crippen LogP contribution is -2.16. The van der Waals surface area contributed by atoms with E-state index in [4.69, 9.17) is 16.3 Å². The molecular weight excluding hydrogens is 416 g/mol. The van der Waals surface area contributed by atoms with Gasteiger partial charge in [-0.1, -0.05) is 17.7 Å². The first-order valence-electron chi connectivity index (χ1n) is 8.26. The number of hydrogen-bond donors (Lipinski definition) is 1. The van der Waals surface area contributed by atoms with Crippen molar-refractivity contribution in [3.63, 3.8) is 0 Å². The number of anilines is 1. The molecule has 3 aromatic heterocycles. The molecule has 0 aliphatic heterocycles. The number of aromatic nitrogens is 3. The van der Waals surface area contributed by atoms with Crippen LogP contribution in [0.5, 0.6) is 5.75 Å². The van der Waals surface area contributed by atoms with Crippen molar-refractivity contribution in [2.45, 2.75) is 6.92 Å². The summed E-state index contributed by atoms with van der Waals surface area (Å²) in [5.74, 6) is 0.631. The Kier molecular flexibility index (Phi) is 5.17. The second kappa shape index (κ2) is 7.75. The summed E-state index contributed by atoms with van der Waals surface area (Å²) in [6.45, 7) is 1.86. The Labute approximate surface area is 174 Å². The number of nitrogens with one attached hydrogen (secondary N) is 1. The highest BCUT2D eigenvalue weighted by Crippen LogP contribution is 2.30. The molecule has 142 valence electrons. The van der Waals surface area contributed by atoms with E-state index in [0.29, 0.717) is 27.3 Å². The van der Waals surface area contributed by atoms with E-state index in [1.807, 2.05) is 29.8 Å². The number of nitrogens with zero attached hydrogens (tertiary/aromatic N) is 3. The van der Waals surface area contributed by atoms with Gasteiger partial charge in [-0.15, -0.1) is 22.7 Å². The van der Waals surface area contributed by atoms with Crippen molar-refractivity contribution in [1.82, 2.24) is 14.8 Å². The largest absolute Gasteiger partial charge is 0.496 e. The third-order valence-corrected chi connectivity index (χ3v) is 5.87. The lowest BCUT2D eigenvalue weighted by molar-refractivity contribution is 0.102. The Hall–Kier alpha value is -2.68. The van der Waals surface area contributed by atoms with Gasteiger partial charge in [-0.05, 0) is 36.6 Å². The minimum Gasteiger partial charge on any atom is -0.496 e. The standard InChI is InChI=1S/C19H15ClN4O2S2/c1-11-8-17(22-18(25)13-9-12(20)5-6-15(13)26-2)24(23-11)19-21-14(10-28-19)16-4-3-7-27-16/h3-10H,1-2H3,(H,22,25). The van der Waals surface area contributed by atoms with Crippen molar-refractivity contribution in [3.8, 4) is 21.5 Å². The number of carbonyl (C=O) groups excluding carboxylic acids is 1. The lowest BCUT2D eigenvalue weighted by Gasteiger charge is -2.10. The predicted molar refractivity (Wildman–Crippen MR) is 113 cm³/mol. The zero-order valence-corrected chi connectivity index (χ0v) is 17.4. The fourth-order valence-corrected chi connectivity index (χ4v) is 4.39. The molecule has 3 heterocycles. The molecule has 0 aliphatic rings. The molecule has 0 atom stereocenters. The van der Waals surface area contributed by atoms with Gasteiger partial charge in [-0.2, -0.15) is 9.78 Å². The molecule has 6 nitrogen and oxygen atoms in total. The molecule has 1 N–H and O–H groups in total. The number of benzene rings is 1. The molecule has 0 spiro atoms. The van der Waals surface area contributed by atoms with Crippen LogP contribution in [0.25, 0.3) is 15.7 Å². The third-order valence-electron chi connectivity index (χ3n) is 3.93. The van der Waals surface area contributed by atoms with E-state index in [0.717, 1.165) is 16.3 Å². The number of ether oxygens (including phenoxy) is 1. The van der Waals surface area contributed by atoms with Crippen molar-refractivity contribution in [3.05, 3.63) is 63.4 Å². The Morgan fingerprint density at radius 3 is 2.86 bits per heavy atom. The first kappa shape index (κ1) is 18.7. The van der Waals surface area contributed by atoms with Gasteiger partial charge in [0.2, 0.25) is 5.13 Å². The van der Waals surface area contributed by atoms with Crippen LogP contribution in [0.15, 0.2) is 47.2 Å². The number of methoxy groups -OCH3 is 1. The maximum atomic E-state index is 12.8. The first-order chi connectivity index (χ1) is 13.5. The predicted octanol–water partition coefficient (Wildman–Crippen LogP) is 5.28. The van der Waals surface area contributed by atoms with Gasteiger partial charge >= 0.3 is 0 Å². The van der Waals surface area contributed by atoms with E-state index < -0.39 is 0 Å². The molecular formula is C19H15ClN4O2S2. The van der Waals surface area contributed by atoms with Gasteiger partial charge < -0.3 is 10.1 Å². The Balaban J connectivity index is 1.66. The van der Waals surface area contributed by atoms with E-state index in [9.17, 15) is 4.79 Å². The SMILES string of the molecule is COc1ccc(Cl)cc1C(=O)Nc1cc(C)nn1-c1nc(-c2cccs2)cs1. The molecule has 0 aliphatic carbocycles. The maximum absolute atomic E-state index is 12.8.